The number of halogens is 1. The van der Waals surface area contributed by atoms with Crippen LogP contribution in [0.3, 0.4) is 0 Å². The summed E-state index contributed by atoms with van der Waals surface area (Å²) in [7, 11) is 0. The summed E-state index contributed by atoms with van der Waals surface area (Å²) in [5.74, 6) is -0.223. The number of nitro groups is 1. The predicted octanol–water partition coefficient (Wildman–Crippen LogP) is 5.65. The molecule has 10 heteroatoms. The molecule has 0 fully saturated rings. The monoisotopic (exact) mass is 521 g/mol. The fourth-order valence-electron chi connectivity index (χ4n) is 3.98. The molecule has 1 amide bonds. The number of nitro benzene ring substituents is 1. The van der Waals surface area contributed by atoms with Gasteiger partial charge >= 0.3 is 0 Å². The maximum Gasteiger partial charge on any atom is 0.270 e. The van der Waals surface area contributed by atoms with Gasteiger partial charge in [-0.15, -0.1) is 12.4 Å². The Labute approximate surface area is 220 Å². The quantitative estimate of drug-likeness (QED) is 0.149. The average molecular weight is 522 g/mol. The molecule has 0 saturated heterocycles. The Morgan fingerprint density at radius 3 is 2.35 bits per heavy atom. The molecule has 0 bridgehead atoms. The van der Waals surface area contributed by atoms with Gasteiger partial charge in [0, 0.05) is 34.3 Å². The van der Waals surface area contributed by atoms with Crippen molar-refractivity contribution >= 4 is 52.0 Å². The van der Waals surface area contributed by atoms with Crippen LogP contribution < -0.4 is 5.32 Å². The molecule has 3 N–H and O–H groups in total. The lowest BCUT2D eigenvalue weighted by Gasteiger charge is -2.17. The number of anilines is 1. The third-order valence-corrected chi connectivity index (χ3v) is 5.91. The number of hydrogen-bond acceptors (Lipinski definition) is 6. The van der Waals surface area contributed by atoms with Gasteiger partial charge in [0.2, 0.25) is 5.91 Å². The maximum atomic E-state index is 12.3. The second-order valence-corrected chi connectivity index (χ2v) is 8.22. The number of nitrogens with zero attached hydrogens (tertiary/aromatic N) is 3. The van der Waals surface area contributed by atoms with Crippen LogP contribution in [-0.4, -0.2) is 51.2 Å². The van der Waals surface area contributed by atoms with Crippen molar-refractivity contribution in [3.63, 3.8) is 0 Å². The van der Waals surface area contributed by atoms with Gasteiger partial charge in [-0.05, 0) is 43.4 Å². The zero-order valence-corrected chi connectivity index (χ0v) is 21.3. The zero-order chi connectivity index (χ0) is 25.7. The first-order valence-electron chi connectivity index (χ1n) is 11.7. The van der Waals surface area contributed by atoms with Crippen LogP contribution in [0.25, 0.3) is 10.9 Å². The van der Waals surface area contributed by atoms with E-state index in [1.165, 1.54) is 12.1 Å². The Hall–Kier alpha value is -4.21. The largest absolute Gasteiger partial charge is 0.494 e. The standard InChI is InChI=1S/C27H27N5O4.ClH/c1-3-31(4-2)17-24(33)28-19-10-12-20(13-11-19)29-26(18-8-6-5-7-9-18)25-22-16-21(32(35)36)14-15-23(22)30-27(25)34;/h5-16,30,34H,3-4,17H2,1-2H3,(H,28,33);1H. The Balaban J connectivity index is 0.00000380. The summed E-state index contributed by atoms with van der Waals surface area (Å²) in [5.41, 5.74) is 3.28. The number of aromatic nitrogens is 1. The number of carbonyl (C=O) groups is 1. The van der Waals surface area contributed by atoms with Crippen molar-refractivity contribution in [3.8, 4) is 5.88 Å². The van der Waals surface area contributed by atoms with Gasteiger partial charge in [0.15, 0.2) is 5.88 Å². The lowest BCUT2D eigenvalue weighted by molar-refractivity contribution is -0.384. The smallest absolute Gasteiger partial charge is 0.270 e. The minimum atomic E-state index is -0.472. The lowest BCUT2D eigenvalue weighted by Crippen LogP contribution is -2.32. The van der Waals surface area contributed by atoms with Crippen molar-refractivity contribution in [2.24, 2.45) is 4.99 Å². The van der Waals surface area contributed by atoms with Gasteiger partial charge in [0.25, 0.3) is 5.69 Å². The van der Waals surface area contributed by atoms with E-state index < -0.39 is 4.92 Å². The van der Waals surface area contributed by atoms with E-state index in [0.717, 1.165) is 18.7 Å². The van der Waals surface area contributed by atoms with Crippen LogP contribution in [0.1, 0.15) is 25.0 Å². The van der Waals surface area contributed by atoms with Gasteiger partial charge in [-0.2, -0.15) is 0 Å². The maximum absolute atomic E-state index is 12.3. The van der Waals surface area contributed by atoms with E-state index in [9.17, 15) is 20.0 Å². The van der Waals surface area contributed by atoms with E-state index in [0.29, 0.717) is 40.1 Å². The molecule has 0 unspecified atom stereocenters. The third-order valence-electron chi connectivity index (χ3n) is 5.91. The number of aliphatic imine (C=N–C) groups is 1. The van der Waals surface area contributed by atoms with Crippen LogP contribution in [0.2, 0.25) is 0 Å². The van der Waals surface area contributed by atoms with Crippen molar-refractivity contribution in [3.05, 3.63) is 94.0 Å². The number of H-pyrrole nitrogens is 1. The van der Waals surface area contributed by atoms with Crippen molar-refractivity contribution in [2.45, 2.75) is 13.8 Å². The van der Waals surface area contributed by atoms with E-state index in [1.807, 2.05) is 49.1 Å². The molecule has 0 aliphatic rings. The summed E-state index contributed by atoms with van der Waals surface area (Å²) in [6.45, 7) is 5.93. The molecule has 0 aliphatic heterocycles. The number of hydrogen-bond donors (Lipinski definition) is 3. The third kappa shape index (κ3) is 6.32. The molecule has 192 valence electrons. The van der Waals surface area contributed by atoms with Gasteiger partial charge < -0.3 is 15.4 Å². The summed E-state index contributed by atoms with van der Waals surface area (Å²) in [4.78, 5) is 32.9. The van der Waals surface area contributed by atoms with Crippen LogP contribution in [0, 0.1) is 10.1 Å². The SMILES string of the molecule is CCN(CC)CC(=O)Nc1ccc(N=C(c2ccccc2)c2c(O)[nH]c3ccc([N+](=O)[O-])cc23)cc1.Cl. The average Bonchev–Trinajstić information content (AvgIpc) is 3.22. The zero-order valence-electron chi connectivity index (χ0n) is 20.5. The highest BCUT2D eigenvalue weighted by Gasteiger charge is 2.21. The summed E-state index contributed by atoms with van der Waals surface area (Å²) in [6.07, 6.45) is 0. The van der Waals surface area contributed by atoms with Gasteiger partial charge in [-0.3, -0.25) is 19.8 Å². The van der Waals surface area contributed by atoms with Gasteiger partial charge in [-0.25, -0.2) is 4.99 Å². The second-order valence-electron chi connectivity index (χ2n) is 8.22. The summed E-state index contributed by atoms with van der Waals surface area (Å²) in [5, 5.41) is 25.5. The molecule has 1 heterocycles. The van der Waals surface area contributed by atoms with Crippen molar-refractivity contribution < 1.29 is 14.8 Å². The van der Waals surface area contributed by atoms with Gasteiger partial charge in [0.05, 0.1) is 28.4 Å². The highest BCUT2D eigenvalue weighted by Crippen LogP contribution is 2.33. The highest BCUT2D eigenvalue weighted by atomic mass is 35.5. The molecule has 0 saturated carbocycles. The second kappa shape index (κ2) is 12.2. The van der Waals surface area contributed by atoms with Crippen LogP contribution in [-0.2, 0) is 4.79 Å². The lowest BCUT2D eigenvalue weighted by atomic mass is 10.0. The highest BCUT2D eigenvalue weighted by molar-refractivity contribution is 6.22. The molecule has 3 aromatic carbocycles. The number of benzene rings is 3. The molecular weight excluding hydrogens is 494 g/mol. The summed E-state index contributed by atoms with van der Waals surface area (Å²) in [6, 6.07) is 20.7. The molecule has 0 spiro atoms. The van der Waals surface area contributed by atoms with E-state index in [1.54, 1.807) is 30.3 Å². The number of aromatic amines is 1. The molecule has 4 aromatic rings. The molecular formula is C27H28ClN5O4. The molecule has 37 heavy (non-hydrogen) atoms. The molecule has 1 aromatic heterocycles. The number of likely N-dealkylation sites (N-methyl/N-ethyl adjacent to an activating group) is 1. The Kier molecular flexibility index (Phi) is 9.00. The Morgan fingerprint density at radius 1 is 1.05 bits per heavy atom. The van der Waals surface area contributed by atoms with E-state index in [-0.39, 0.29) is 29.9 Å². The molecule has 9 nitrogen and oxygen atoms in total. The number of aromatic hydroxyl groups is 1. The molecule has 0 aliphatic carbocycles. The summed E-state index contributed by atoms with van der Waals surface area (Å²) >= 11 is 0. The topological polar surface area (TPSA) is 124 Å². The predicted molar refractivity (Wildman–Crippen MR) is 148 cm³/mol. The van der Waals surface area contributed by atoms with Crippen molar-refractivity contribution in [1.29, 1.82) is 0 Å². The van der Waals surface area contributed by atoms with Crippen LogP contribution in [0.5, 0.6) is 5.88 Å². The summed E-state index contributed by atoms with van der Waals surface area (Å²) < 4.78 is 0. The number of rotatable bonds is 9. The van der Waals surface area contributed by atoms with Crippen LogP contribution in [0.4, 0.5) is 17.1 Å². The first kappa shape index (κ1) is 27.4. The minimum Gasteiger partial charge on any atom is -0.494 e. The van der Waals surface area contributed by atoms with Crippen LogP contribution >= 0.6 is 12.4 Å². The molecule has 4 rings (SSSR count). The van der Waals surface area contributed by atoms with Crippen molar-refractivity contribution in [2.75, 3.05) is 25.0 Å². The van der Waals surface area contributed by atoms with E-state index in [4.69, 9.17) is 4.99 Å². The Bertz CT molecular complexity index is 1410. The van der Waals surface area contributed by atoms with Gasteiger partial charge in [0.1, 0.15) is 0 Å². The minimum absolute atomic E-state index is 0. The number of nitrogens with one attached hydrogen (secondary N) is 2. The van der Waals surface area contributed by atoms with Crippen molar-refractivity contribution in [1.82, 2.24) is 9.88 Å². The number of amides is 1. The molecule has 0 atom stereocenters. The number of fused-ring (bicyclic) bond motifs is 1. The Morgan fingerprint density at radius 2 is 1.73 bits per heavy atom. The van der Waals surface area contributed by atoms with Crippen LogP contribution in [0.15, 0.2) is 77.8 Å². The fourth-order valence-corrected chi connectivity index (χ4v) is 3.98. The first-order chi connectivity index (χ1) is 17.4. The van der Waals surface area contributed by atoms with E-state index >= 15 is 0 Å². The number of non-ortho nitro benzene ring substituents is 1. The number of carbonyl (C=O) groups excluding carboxylic acids is 1. The van der Waals surface area contributed by atoms with Gasteiger partial charge in [-0.1, -0.05) is 44.2 Å². The molecule has 0 radical (unpaired) electrons. The first-order valence-corrected chi connectivity index (χ1v) is 11.7. The van der Waals surface area contributed by atoms with E-state index in [2.05, 4.69) is 10.3 Å². The normalized spacial score (nSPS) is 11.4. The fraction of sp³-hybridized carbons (Fsp3) is 0.185.